The third kappa shape index (κ3) is 8.00. The van der Waals surface area contributed by atoms with Crippen LogP contribution in [-0.4, -0.2) is 94.8 Å². The number of carbonyl (C=O) groups excluding carboxylic acids is 3. The molecule has 0 saturated carbocycles. The Morgan fingerprint density at radius 3 is 2.22 bits per heavy atom. The smallest absolute Gasteiger partial charge is 0.480 e. The predicted molar refractivity (Wildman–Crippen MR) is 174 cm³/mol. The molecular weight excluding hydrogens is 655 g/mol. The van der Waals surface area contributed by atoms with Crippen molar-refractivity contribution >= 4 is 24.0 Å². The van der Waals surface area contributed by atoms with Crippen LogP contribution < -0.4 is 4.74 Å². The first-order valence-corrected chi connectivity index (χ1v) is 16.7. The van der Waals surface area contributed by atoms with Crippen LogP contribution in [0.25, 0.3) is 0 Å². The Bertz CT molecular complexity index is 1690. The van der Waals surface area contributed by atoms with E-state index in [1.165, 1.54) is 11.0 Å². The lowest BCUT2D eigenvalue weighted by Gasteiger charge is -2.50. The van der Waals surface area contributed by atoms with Gasteiger partial charge in [0.1, 0.15) is 11.8 Å². The van der Waals surface area contributed by atoms with E-state index in [1.807, 2.05) is 17.0 Å². The fourth-order valence-corrected chi connectivity index (χ4v) is 7.39. The zero-order valence-electron chi connectivity index (χ0n) is 27.3. The molecular formula is C37H38F3N3O7. The third-order valence-electron chi connectivity index (χ3n) is 9.90. The molecule has 50 heavy (non-hydrogen) atoms. The molecule has 4 aliphatic heterocycles. The van der Waals surface area contributed by atoms with Gasteiger partial charge in [-0.15, -0.1) is 0 Å². The van der Waals surface area contributed by atoms with Crippen LogP contribution in [0.3, 0.4) is 0 Å². The molecule has 264 valence electrons. The van der Waals surface area contributed by atoms with Gasteiger partial charge < -0.3 is 19.5 Å². The quantitative estimate of drug-likeness (QED) is 0.162. The highest BCUT2D eigenvalue weighted by Gasteiger charge is 2.48. The van der Waals surface area contributed by atoms with E-state index in [4.69, 9.17) is 4.74 Å². The zero-order chi connectivity index (χ0) is 35.4. The molecule has 0 radical (unpaired) electrons. The topological polar surface area (TPSA) is 117 Å². The fourth-order valence-electron chi connectivity index (χ4n) is 7.39. The molecule has 3 atom stereocenters. The fraction of sp³-hybridized carbons (Fsp3) is 0.405. The van der Waals surface area contributed by atoms with Crippen molar-refractivity contribution in [1.82, 2.24) is 14.7 Å². The van der Waals surface area contributed by atoms with E-state index in [0.29, 0.717) is 37.1 Å². The van der Waals surface area contributed by atoms with Gasteiger partial charge in [-0.1, -0.05) is 54.6 Å². The van der Waals surface area contributed by atoms with E-state index in [1.54, 1.807) is 60.7 Å². The minimum Gasteiger partial charge on any atom is -0.480 e. The number of halogens is 3. The molecule has 3 aromatic carbocycles. The summed E-state index contributed by atoms with van der Waals surface area (Å²) in [4.78, 5) is 55.8. The van der Waals surface area contributed by atoms with Crippen LogP contribution >= 0.6 is 0 Å². The van der Waals surface area contributed by atoms with E-state index in [2.05, 4.69) is 9.64 Å². The second kappa shape index (κ2) is 15.0. The molecule has 3 aromatic rings. The van der Waals surface area contributed by atoms with Gasteiger partial charge in [-0.25, -0.2) is 14.4 Å². The molecule has 0 aromatic heterocycles. The molecule has 4 aliphatic rings. The number of aliphatic carboxylic acids is 1. The number of carbonyl (C=O) groups is 4. The summed E-state index contributed by atoms with van der Waals surface area (Å²) in [7, 11) is 0. The van der Waals surface area contributed by atoms with Crippen LogP contribution in [0.15, 0.2) is 78.9 Å². The first-order chi connectivity index (χ1) is 24.0. The van der Waals surface area contributed by atoms with Gasteiger partial charge in [-0.3, -0.25) is 14.6 Å². The number of esters is 2. The summed E-state index contributed by atoms with van der Waals surface area (Å²) in [5.41, 5.74) is 2.09. The number of nitrogens with zero attached hydrogens (tertiary/aromatic N) is 3. The highest BCUT2D eigenvalue weighted by Crippen LogP contribution is 2.39. The monoisotopic (exact) mass is 693 g/mol. The van der Waals surface area contributed by atoms with Crippen molar-refractivity contribution in [3.8, 4) is 5.75 Å². The van der Waals surface area contributed by atoms with Crippen molar-refractivity contribution in [1.29, 1.82) is 0 Å². The largest absolute Gasteiger partial charge is 0.491 e. The lowest BCUT2D eigenvalue weighted by atomic mass is 9.81. The molecule has 4 fully saturated rings. The number of hydrogen-bond donors (Lipinski definition) is 1. The molecule has 0 aliphatic carbocycles. The van der Waals surface area contributed by atoms with Crippen molar-refractivity contribution in [2.45, 2.75) is 56.4 Å². The lowest BCUT2D eigenvalue weighted by Crippen LogP contribution is -2.60. The van der Waals surface area contributed by atoms with Crippen LogP contribution in [-0.2, 0) is 20.7 Å². The number of benzene rings is 3. The number of amides is 1. The average molecular weight is 694 g/mol. The summed E-state index contributed by atoms with van der Waals surface area (Å²) in [6.45, 7) is 3.33. The van der Waals surface area contributed by atoms with Gasteiger partial charge in [-0.05, 0) is 98.6 Å². The predicted octanol–water partition coefficient (Wildman–Crippen LogP) is 5.71. The number of hydrogen-bond acceptors (Lipinski definition) is 8. The molecule has 0 spiro atoms. The summed E-state index contributed by atoms with van der Waals surface area (Å²) >= 11 is 0. The maximum atomic E-state index is 13.7. The van der Waals surface area contributed by atoms with Crippen LogP contribution in [0, 0.1) is 5.92 Å². The van der Waals surface area contributed by atoms with Gasteiger partial charge in [0.25, 0.3) is 0 Å². The molecule has 2 unspecified atom stereocenters. The van der Waals surface area contributed by atoms with Crippen LogP contribution in [0.2, 0.25) is 0 Å². The summed E-state index contributed by atoms with van der Waals surface area (Å²) in [5, 5.41) is 9.43. The van der Waals surface area contributed by atoms with E-state index < -0.39 is 48.3 Å². The zero-order valence-corrected chi connectivity index (χ0v) is 27.3. The number of piperidine rings is 3. The average Bonchev–Trinajstić information content (AvgIpc) is 3.60. The maximum absolute atomic E-state index is 13.7. The van der Waals surface area contributed by atoms with Gasteiger partial charge in [-0.2, -0.15) is 13.2 Å². The Balaban J connectivity index is 1.24. The molecule has 4 heterocycles. The van der Waals surface area contributed by atoms with E-state index in [9.17, 15) is 37.5 Å². The summed E-state index contributed by atoms with van der Waals surface area (Å²) in [6.07, 6.45) is -3.19. The van der Waals surface area contributed by atoms with Crippen LogP contribution in [0.1, 0.15) is 58.8 Å². The summed E-state index contributed by atoms with van der Waals surface area (Å²) < 4.78 is 50.0. The Labute approximate surface area is 287 Å². The standard InChI is InChI=1S/C37H38F3N3O7/c38-37(39,40)35(47)50-36(48)43(31-23-41-19-16-25(31)17-20-41)32(26-6-2-1-3-7-26)27-8-4-9-28(22-27)34(46)49-29-13-11-24(12-14-29)15-21-42-18-5-10-30(42)33(44)45/h1-4,6-9,11-14,22,25,30-32H,5,10,15-21,23H2,(H,44,45)/t30?,31-,32?/m0/s1. The van der Waals surface area contributed by atoms with Crippen LogP contribution in [0.5, 0.6) is 5.75 Å². The van der Waals surface area contributed by atoms with Crippen molar-refractivity contribution < 1.29 is 46.9 Å². The minimum atomic E-state index is -5.36. The Hall–Kier alpha value is -4.75. The van der Waals surface area contributed by atoms with Crippen molar-refractivity contribution in [3.63, 3.8) is 0 Å². The Morgan fingerprint density at radius 1 is 0.880 bits per heavy atom. The number of carboxylic acid groups (broad SMARTS) is 1. The van der Waals surface area contributed by atoms with Gasteiger partial charge in [0.05, 0.1) is 17.6 Å². The van der Waals surface area contributed by atoms with Crippen molar-refractivity contribution in [3.05, 3.63) is 101 Å². The summed E-state index contributed by atoms with van der Waals surface area (Å²) in [5.74, 6) is -3.82. The first kappa shape index (κ1) is 35.1. The number of fused-ring (bicyclic) bond motifs is 3. The molecule has 2 bridgehead atoms. The second-order valence-electron chi connectivity index (χ2n) is 13.0. The number of likely N-dealkylation sites (tertiary alicyclic amines) is 1. The van der Waals surface area contributed by atoms with Crippen molar-refractivity contribution in [2.24, 2.45) is 5.92 Å². The maximum Gasteiger partial charge on any atom is 0.491 e. The molecule has 4 saturated heterocycles. The van der Waals surface area contributed by atoms with Gasteiger partial charge >= 0.3 is 30.2 Å². The molecule has 1 amide bonds. The number of carboxylic acids is 1. The van der Waals surface area contributed by atoms with E-state index in [-0.39, 0.29) is 17.2 Å². The van der Waals surface area contributed by atoms with Crippen molar-refractivity contribution in [2.75, 3.05) is 32.7 Å². The summed E-state index contributed by atoms with van der Waals surface area (Å²) in [6, 6.07) is 20.0. The normalized spacial score (nSPS) is 22.5. The SMILES string of the molecule is O=C(Oc1ccc(CCN2CCCC2C(=O)O)cc1)c1cccc(C(c2ccccc2)N(C(=O)OC(=O)C(F)(F)F)[C@H]2CN3CCC2CC3)c1. The Morgan fingerprint density at radius 2 is 1.58 bits per heavy atom. The molecule has 10 nitrogen and oxygen atoms in total. The highest BCUT2D eigenvalue weighted by atomic mass is 19.4. The lowest BCUT2D eigenvalue weighted by molar-refractivity contribution is -0.194. The van der Waals surface area contributed by atoms with Gasteiger partial charge in [0.15, 0.2) is 0 Å². The highest BCUT2D eigenvalue weighted by molar-refractivity contribution is 5.91. The Kier molecular flexibility index (Phi) is 10.5. The third-order valence-corrected chi connectivity index (χ3v) is 9.90. The number of rotatable bonds is 10. The van der Waals surface area contributed by atoms with Gasteiger partial charge in [0, 0.05) is 13.1 Å². The minimum absolute atomic E-state index is 0.0233. The number of alkyl halides is 3. The second-order valence-corrected chi connectivity index (χ2v) is 13.0. The molecule has 1 N–H and O–H groups in total. The number of ether oxygens (including phenoxy) is 2. The van der Waals surface area contributed by atoms with E-state index >= 15 is 0 Å². The molecule has 13 heteroatoms. The van der Waals surface area contributed by atoms with Gasteiger partial charge in [0.2, 0.25) is 0 Å². The molecule has 7 rings (SSSR count). The van der Waals surface area contributed by atoms with E-state index in [0.717, 1.165) is 44.5 Å². The first-order valence-electron chi connectivity index (χ1n) is 16.7. The van der Waals surface area contributed by atoms with Crippen LogP contribution in [0.4, 0.5) is 18.0 Å².